The number of carboxylic acid groups (broad SMARTS) is 1. The van der Waals surface area contributed by atoms with E-state index in [4.69, 9.17) is 14.6 Å². The van der Waals surface area contributed by atoms with Crippen molar-refractivity contribution in [2.24, 2.45) is 0 Å². The van der Waals surface area contributed by atoms with Gasteiger partial charge in [0.1, 0.15) is 11.5 Å². The molecule has 0 unspecified atom stereocenters. The Morgan fingerprint density at radius 3 is 2.56 bits per heavy atom. The lowest BCUT2D eigenvalue weighted by molar-refractivity contribution is -0.131. The molecule has 0 aliphatic rings. The Bertz CT molecular complexity index is 455. The van der Waals surface area contributed by atoms with Crippen LogP contribution in [-0.2, 0) is 4.79 Å². The summed E-state index contributed by atoms with van der Waals surface area (Å²) in [7, 11) is 3.18. The Morgan fingerprint density at radius 2 is 2.00 bits per heavy atom. The fraction of sp³-hybridized carbons (Fsp3) is 0.308. The summed E-state index contributed by atoms with van der Waals surface area (Å²) in [5, 5.41) is 11.5. The molecule has 98 valence electrons. The SMILES string of the molecule is COc1cc(NC/C=C/C(=O)O)c(OC)cc1C. The Balaban J connectivity index is 2.83. The Morgan fingerprint density at radius 1 is 1.33 bits per heavy atom. The predicted molar refractivity (Wildman–Crippen MR) is 69.5 cm³/mol. The summed E-state index contributed by atoms with van der Waals surface area (Å²) in [5.41, 5.74) is 1.73. The molecular weight excluding hydrogens is 234 g/mol. The maximum atomic E-state index is 10.3. The van der Waals surface area contributed by atoms with Crippen molar-refractivity contribution in [1.82, 2.24) is 0 Å². The first-order chi connectivity index (χ1) is 8.58. The number of hydrogen-bond acceptors (Lipinski definition) is 4. The van der Waals surface area contributed by atoms with E-state index >= 15 is 0 Å². The lowest BCUT2D eigenvalue weighted by Gasteiger charge is -2.13. The molecule has 0 heterocycles. The molecule has 1 aromatic carbocycles. The second-order valence-electron chi connectivity index (χ2n) is 3.64. The summed E-state index contributed by atoms with van der Waals surface area (Å²) >= 11 is 0. The van der Waals surface area contributed by atoms with Gasteiger partial charge in [-0.25, -0.2) is 4.79 Å². The van der Waals surface area contributed by atoms with Crippen molar-refractivity contribution in [2.75, 3.05) is 26.1 Å². The molecule has 0 spiro atoms. The number of anilines is 1. The fourth-order valence-electron chi connectivity index (χ4n) is 1.52. The third-order valence-corrected chi connectivity index (χ3v) is 2.39. The highest BCUT2D eigenvalue weighted by molar-refractivity contribution is 5.79. The molecule has 18 heavy (non-hydrogen) atoms. The molecule has 2 N–H and O–H groups in total. The highest BCUT2D eigenvalue weighted by atomic mass is 16.5. The van der Waals surface area contributed by atoms with E-state index in [0.717, 1.165) is 23.1 Å². The molecule has 0 aromatic heterocycles. The predicted octanol–water partition coefficient (Wildman–Crippen LogP) is 2.06. The zero-order valence-electron chi connectivity index (χ0n) is 10.7. The molecule has 0 fully saturated rings. The van der Waals surface area contributed by atoms with E-state index in [0.29, 0.717) is 12.3 Å². The summed E-state index contributed by atoms with van der Waals surface area (Å²) in [6, 6.07) is 3.69. The molecule has 0 aliphatic heterocycles. The third kappa shape index (κ3) is 3.69. The molecule has 1 rings (SSSR count). The fourth-order valence-corrected chi connectivity index (χ4v) is 1.52. The lowest BCUT2D eigenvalue weighted by atomic mass is 10.2. The van der Waals surface area contributed by atoms with E-state index in [1.54, 1.807) is 14.2 Å². The number of aryl methyl sites for hydroxylation is 1. The molecule has 0 aliphatic carbocycles. The second kappa shape index (κ2) is 6.54. The number of carboxylic acids is 1. The van der Waals surface area contributed by atoms with Crippen molar-refractivity contribution in [3.63, 3.8) is 0 Å². The Labute approximate surface area is 106 Å². The monoisotopic (exact) mass is 251 g/mol. The molecule has 1 aromatic rings. The van der Waals surface area contributed by atoms with Crippen molar-refractivity contribution in [2.45, 2.75) is 6.92 Å². The van der Waals surface area contributed by atoms with Crippen LogP contribution in [0.1, 0.15) is 5.56 Å². The first-order valence-electron chi connectivity index (χ1n) is 5.44. The van der Waals surface area contributed by atoms with E-state index < -0.39 is 5.97 Å². The maximum absolute atomic E-state index is 10.3. The van der Waals surface area contributed by atoms with Gasteiger partial charge in [0.05, 0.1) is 19.9 Å². The van der Waals surface area contributed by atoms with Crippen molar-refractivity contribution in [1.29, 1.82) is 0 Å². The first kappa shape index (κ1) is 13.9. The Hall–Kier alpha value is -2.17. The number of ether oxygens (including phenoxy) is 2. The quantitative estimate of drug-likeness (QED) is 0.757. The van der Waals surface area contributed by atoms with Gasteiger partial charge < -0.3 is 19.9 Å². The van der Waals surface area contributed by atoms with Crippen LogP contribution in [0.15, 0.2) is 24.3 Å². The van der Waals surface area contributed by atoms with Gasteiger partial charge in [-0.3, -0.25) is 0 Å². The minimum Gasteiger partial charge on any atom is -0.496 e. The lowest BCUT2D eigenvalue weighted by Crippen LogP contribution is -2.02. The van der Waals surface area contributed by atoms with Crippen LogP contribution in [0.5, 0.6) is 11.5 Å². The largest absolute Gasteiger partial charge is 0.496 e. The molecule has 0 amide bonds. The van der Waals surface area contributed by atoms with Crippen molar-refractivity contribution < 1.29 is 19.4 Å². The van der Waals surface area contributed by atoms with Gasteiger partial charge in [0.2, 0.25) is 0 Å². The molecule has 0 saturated carbocycles. The summed E-state index contributed by atoms with van der Waals surface area (Å²) in [5.74, 6) is 0.475. The van der Waals surface area contributed by atoms with Crippen LogP contribution in [0.2, 0.25) is 0 Å². The van der Waals surface area contributed by atoms with E-state index in [1.165, 1.54) is 6.08 Å². The molecule has 5 heteroatoms. The van der Waals surface area contributed by atoms with Gasteiger partial charge in [-0.2, -0.15) is 0 Å². The summed E-state index contributed by atoms with van der Waals surface area (Å²) < 4.78 is 10.5. The van der Waals surface area contributed by atoms with Crippen molar-refractivity contribution in [3.05, 3.63) is 29.8 Å². The number of nitrogens with one attached hydrogen (secondary N) is 1. The zero-order valence-corrected chi connectivity index (χ0v) is 10.7. The van der Waals surface area contributed by atoms with Crippen LogP contribution in [0.25, 0.3) is 0 Å². The van der Waals surface area contributed by atoms with Gasteiger partial charge in [0.15, 0.2) is 0 Å². The van der Waals surface area contributed by atoms with Crippen LogP contribution in [0, 0.1) is 6.92 Å². The van der Waals surface area contributed by atoms with Crippen molar-refractivity contribution in [3.8, 4) is 11.5 Å². The van der Waals surface area contributed by atoms with E-state index in [9.17, 15) is 4.79 Å². The van der Waals surface area contributed by atoms with Crippen LogP contribution in [0.3, 0.4) is 0 Å². The van der Waals surface area contributed by atoms with Crippen LogP contribution in [-0.4, -0.2) is 31.8 Å². The van der Waals surface area contributed by atoms with Gasteiger partial charge in [-0.1, -0.05) is 6.08 Å². The molecule has 0 saturated heterocycles. The van der Waals surface area contributed by atoms with Gasteiger partial charge in [-0.05, 0) is 18.6 Å². The third-order valence-electron chi connectivity index (χ3n) is 2.39. The molecule has 5 nitrogen and oxygen atoms in total. The van der Waals surface area contributed by atoms with Gasteiger partial charge in [0, 0.05) is 18.7 Å². The topological polar surface area (TPSA) is 67.8 Å². The number of benzene rings is 1. The smallest absolute Gasteiger partial charge is 0.328 e. The van der Waals surface area contributed by atoms with Gasteiger partial charge in [-0.15, -0.1) is 0 Å². The molecule has 0 bridgehead atoms. The summed E-state index contributed by atoms with van der Waals surface area (Å²) in [6.07, 6.45) is 2.61. The molecule has 0 radical (unpaired) electrons. The van der Waals surface area contributed by atoms with Crippen LogP contribution in [0.4, 0.5) is 5.69 Å². The van der Waals surface area contributed by atoms with E-state index in [-0.39, 0.29) is 0 Å². The minimum atomic E-state index is -0.967. The number of aliphatic carboxylic acids is 1. The van der Waals surface area contributed by atoms with Crippen LogP contribution < -0.4 is 14.8 Å². The van der Waals surface area contributed by atoms with E-state index in [2.05, 4.69) is 5.32 Å². The first-order valence-corrected chi connectivity index (χ1v) is 5.44. The normalized spacial score (nSPS) is 10.4. The standard InChI is InChI=1S/C13H17NO4/c1-9-7-12(18-3)10(8-11(9)17-2)14-6-4-5-13(15)16/h4-5,7-8,14H,6H2,1-3H3,(H,15,16)/b5-4+. The average molecular weight is 251 g/mol. The minimum absolute atomic E-state index is 0.398. The number of rotatable bonds is 6. The Kier molecular flexibility index (Phi) is 5.05. The van der Waals surface area contributed by atoms with E-state index in [1.807, 2.05) is 19.1 Å². The van der Waals surface area contributed by atoms with Crippen LogP contribution >= 0.6 is 0 Å². The molecular formula is C13H17NO4. The average Bonchev–Trinajstić information content (AvgIpc) is 2.35. The molecule has 0 atom stereocenters. The van der Waals surface area contributed by atoms with Crippen molar-refractivity contribution >= 4 is 11.7 Å². The van der Waals surface area contributed by atoms with Gasteiger partial charge >= 0.3 is 5.97 Å². The second-order valence-corrected chi connectivity index (χ2v) is 3.64. The highest BCUT2D eigenvalue weighted by Gasteiger charge is 2.07. The summed E-state index contributed by atoms with van der Waals surface area (Å²) in [6.45, 7) is 2.32. The maximum Gasteiger partial charge on any atom is 0.328 e. The van der Waals surface area contributed by atoms with Gasteiger partial charge in [0.25, 0.3) is 0 Å². The number of carbonyl (C=O) groups is 1. The number of hydrogen-bond donors (Lipinski definition) is 2. The highest BCUT2D eigenvalue weighted by Crippen LogP contribution is 2.32. The zero-order chi connectivity index (χ0) is 13.5. The number of methoxy groups -OCH3 is 2. The summed E-state index contributed by atoms with van der Waals surface area (Å²) in [4.78, 5) is 10.3.